The lowest BCUT2D eigenvalue weighted by Crippen LogP contribution is -2.30. The molecular formula is C19H18N2O3. The quantitative estimate of drug-likeness (QED) is 0.825. The van der Waals surface area contributed by atoms with Gasteiger partial charge in [-0.15, -0.1) is 0 Å². The van der Waals surface area contributed by atoms with Crippen molar-refractivity contribution >= 4 is 17.4 Å². The molecule has 2 aromatic rings. The second-order valence-corrected chi connectivity index (χ2v) is 5.21. The van der Waals surface area contributed by atoms with Gasteiger partial charge in [0.15, 0.2) is 11.9 Å². The summed E-state index contributed by atoms with van der Waals surface area (Å²) in [5, 5.41) is 11.7. The number of nitriles is 1. The number of nitrogens with zero attached hydrogens (tertiary/aromatic N) is 1. The van der Waals surface area contributed by atoms with Gasteiger partial charge in [0.1, 0.15) is 11.8 Å². The van der Waals surface area contributed by atoms with Crippen LogP contribution in [-0.2, 0) is 4.79 Å². The third-order valence-corrected chi connectivity index (χ3v) is 3.48. The maximum atomic E-state index is 12.2. The minimum absolute atomic E-state index is 0.0560. The fraction of sp³-hybridized carbons (Fsp3) is 0.211. The molecule has 5 heteroatoms. The third kappa shape index (κ3) is 4.20. The average molecular weight is 322 g/mol. The first-order valence-electron chi connectivity index (χ1n) is 7.65. The lowest BCUT2D eigenvalue weighted by molar-refractivity contribution is -0.122. The molecule has 1 amide bonds. The molecule has 1 atom stereocenters. The number of hydrogen-bond acceptors (Lipinski definition) is 4. The van der Waals surface area contributed by atoms with Gasteiger partial charge in [-0.2, -0.15) is 5.26 Å². The third-order valence-electron chi connectivity index (χ3n) is 3.48. The summed E-state index contributed by atoms with van der Waals surface area (Å²) in [6, 6.07) is 15.5. The number of carbonyl (C=O) groups is 2. The Morgan fingerprint density at radius 2 is 1.83 bits per heavy atom. The van der Waals surface area contributed by atoms with Gasteiger partial charge in [-0.25, -0.2) is 0 Å². The van der Waals surface area contributed by atoms with Crippen LogP contribution in [0.15, 0.2) is 48.5 Å². The molecule has 0 saturated heterocycles. The Balaban J connectivity index is 2.01. The van der Waals surface area contributed by atoms with Crippen LogP contribution in [0.3, 0.4) is 0 Å². The molecule has 0 radical (unpaired) electrons. The van der Waals surface area contributed by atoms with Gasteiger partial charge in [-0.3, -0.25) is 9.59 Å². The number of hydrogen-bond donors (Lipinski definition) is 1. The van der Waals surface area contributed by atoms with Crippen molar-refractivity contribution < 1.29 is 14.3 Å². The van der Waals surface area contributed by atoms with Crippen LogP contribution in [-0.4, -0.2) is 17.8 Å². The summed E-state index contributed by atoms with van der Waals surface area (Å²) in [6.07, 6.45) is -0.304. The molecular weight excluding hydrogens is 304 g/mol. The number of ether oxygens (including phenoxy) is 1. The van der Waals surface area contributed by atoms with Crippen molar-refractivity contribution in [3.63, 3.8) is 0 Å². The van der Waals surface area contributed by atoms with Crippen molar-refractivity contribution in [3.8, 4) is 11.8 Å². The van der Waals surface area contributed by atoms with E-state index in [0.717, 1.165) is 0 Å². The molecule has 0 fully saturated rings. The molecule has 0 aliphatic carbocycles. The number of benzene rings is 2. The van der Waals surface area contributed by atoms with Crippen molar-refractivity contribution in [1.29, 1.82) is 5.26 Å². The molecule has 0 aliphatic rings. The second-order valence-electron chi connectivity index (χ2n) is 5.21. The fourth-order valence-corrected chi connectivity index (χ4v) is 2.11. The van der Waals surface area contributed by atoms with Gasteiger partial charge in [0.2, 0.25) is 0 Å². The minimum atomic E-state index is -0.746. The van der Waals surface area contributed by atoms with Crippen LogP contribution >= 0.6 is 0 Å². The fourth-order valence-electron chi connectivity index (χ4n) is 2.11. The van der Waals surface area contributed by atoms with E-state index in [-0.39, 0.29) is 11.7 Å². The van der Waals surface area contributed by atoms with Crippen LogP contribution in [0.25, 0.3) is 0 Å². The Labute approximate surface area is 140 Å². The van der Waals surface area contributed by atoms with Gasteiger partial charge in [0.05, 0.1) is 11.3 Å². The molecule has 2 rings (SSSR count). The smallest absolute Gasteiger partial charge is 0.265 e. The summed E-state index contributed by atoms with van der Waals surface area (Å²) in [5.41, 5.74) is 1.45. The topological polar surface area (TPSA) is 79.2 Å². The molecule has 0 unspecified atom stereocenters. The zero-order chi connectivity index (χ0) is 17.5. The van der Waals surface area contributed by atoms with Gasteiger partial charge < -0.3 is 10.1 Å². The molecule has 1 N–H and O–H groups in total. The Kier molecular flexibility index (Phi) is 5.69. The zero-order valence-corrected chi connectivity index (χ0v) is 13.6. The van der Waals surface area contributed by atoms with Crippen LogP contribution in [0.4, 0.5) is 5.69 Å². The Hall–Kier alpha value is -3.13. The van der Waals surface area contributed by atoms with Gasteiger partial charge >= 0.3 is 0 Å². The monoisotopic (exact) mass is 322 g/mol. The highest BCUT2D eigenvalue weighted by Crippen LogP contribution is 2.17. The predicted octanol–water partition coefficient (Wildman–Crippen LogP) is 3.56. The minimum Gasteiger partial charge on any atom is -0.481 e. The average Bonchev–Trinajstić information content (AvgIpc) is 2.62. The molecule has 0 spiro atoms. The first-order chi connectivity index (χ1) is 11.5. The van der Waals surface area contributed by atoms with E-state index in [0.29, 0.717) is 29.0 Å². The van der Waals surface area contributed by atoms with E-state index in [9.17, 15) is 9.59 Å². The number of anilines is 1. The van der Waals surface area contributed by atoms with Gasteiger partial charge in [0, 0.05) is 12.0 Å². The summed E-state index contributed by atoms with van der Waals surface area (Å²) >= 11 is 0. The molecule has 0 aliphatic heterocycles. The van der Waals surface area contributed by atoms with Gasteiger partial charge in [-0.1, -0.05) is 19.1 Å². The number of Topliss-reactive ketones (excluding diaryl/α,β-unsaturated/α-hetero) is 1. The van der Waals surface area contributed by atoms with Crippen LogP contribution in [0.1, 0.15) is 36.2 Å². The number of nitrogens with one attached hydrogen (secondary N) is 1. The zero-order valence-electron chi connectivity index (χ0n) is 13.6. The summed E-state index contributed by atoms with van der Waals surface area (Å²) in [5.74, 6) is 0.200. The number of para-hydroxylation sites is 1. The van der Waals surface area contributed by atoms with Crippen molar-refractivity contribution in [2.75, 3.05) is 5.32 Å². The van der Waals surface area contributed by atoms with Crippen molar-refractivity contribution in [1.82, 2.24) is 0 Å². The number of rotatable bonds is 6. The second kappa shape index (κ2) is 7.93. The number of ketones is 1. The van der Waals surface area contributed by atoms with Crippen LogP contribution < -0.4 is 10.1 Å². The lowest BCUT2D eigenvalue weighted by Gasteiger charge is -2.15. The van der Waals surface area contributed by atoms with Crippen LogP contribution in [0.2, 0.25) is 0 Å². The van der Waals surface area contributed by atoms with Gasteiger partial charge in [0.25, 0.3) is 5.91 Å². The molecule has 0 heterocycles. The molecule has 0 bridgehead atoms. The normalized spacial score (nSPS) is 11.2. The SMILES string of the molecule is CCC(=O)c1ccc(O[C@@H](C)C(=O)Nc2ccccc2C#N)cc1. The van der Waals surface area contributed by atoms with Crippen LogP contribution in [0.5, 0.6) is 5.75 Å². The molecule has 2 aromatic carbocycles. The summed E-state index contributed by atoms with van der Waals surface area (Å²) in [7, 11) is 0. The van der Waals surface area contributed by atoms with Gasteiger partial charge in [-0.05, 0) is 43.3 Å². The number of carbonyl (C=O) groups excluding carboxylic acids is 2. The lowest BCUT2D eigenvalue weighted by atomic mass is 10.1. The summed E-state index contributed by atoms with van der Waals surface area (Å²) in [4.78, 5) is 23.8. The Bertz CT molecular complexity index is 776. The first-order valence-corrected chi connectivity index (χ1v) is 7.65. The van der Waals surface area contributed by atoms with Crippen molar-refractivity contribution in [2.24, 2.45) is 0 Å². The Morgan fingerprint density at radius 1 is 1.17 bits per heavy atom. The number of amides is 1. The van der Waals surface area contributed by atoms with Crippen molar-refractivity contribution in [3.05, 3.63) is 59.7 Å². The Morgan fingerprint density at radius 3 is 2.46 bits per heavy atom. The maximum absolute atomic E-state index is 12.2. The standard InChI is InChI=1S/C19H18N2O3/c1-3-18(22)14-8-10-16(11-9-14)24-13(2)19(23)21-17-7-5-4-6-15(17)12-20/h4-11,13H,3H2,1-2H3,(H,21,23)/t13-/m0/s1. The largest absolute Gasteiger partial charge is 0.481 e. The molecule has 24 heavy (non-hydrogen) atoms. The molecule has 122 valence electrons. The van der Waals surface area contributed by atoms with E-state index in [1.807, 2.05) is 6.07 Å². The molecule has 5 nitrogen and oxygen atoms in total. The predicted molar refractivity (Wildman–Crippen MR) is 90.9 cm³/mol. The van der Waals surface area contributed by atoms with Crippen molar-refractivity contribution in [2.45, 2.75) is 26.4 Å². The summed E-state index contributed by atoms with van der Waals surface area (Å²) in [6.45, 7) is 3.42. The highest BCUT2D eigenvalue weighted by atomic mass is 16.5. The summed E-state index contributed by atoms with van der Waals surface area (Å²) < 4.78 is 5.58. The van der Waals surface area contributed by atoms with Crippen LogP contribution in [0, 0.1) is 11.3 Å². The van der Waals surface area contributed by atoms with E-state index < -0.39 is 6.10 Å². The maximum Gasteiger partial charge on any atom is 0.265 e. The highest BCUT2D eigenvalue weighted by Gasteiger charge is 2.16. The van der Waals surface area contributed by atoms with E-state index in [4.69, 9.17) is 10.00 Å². The molecule has 0 aromatic heterocycles. The highest BCUT2D eigenvalue weighted by molar-refractivity contribution is 5.96. The van der Waals surface area contributed by atoms with E-state index in [1.165, 1.54) is 0 Å². The first kappa shape index (κ1) is 17.2. The molecule has 0 saturated carbocycles. The van der Waals surface area contributed by atoms with E-state index in [1.54, 1.807) is 62.4 Å². The van der Waals surface area contributed by atoms with E-state index >= 15 is 0 Å². The van der Waals surface area contributed by atoms with E-state index in [2.05, 4.69) is 5.32 Å².